The predicted octanol–water partition coefficient (Wildman–Crippen LogP) is 3.86. The van der Waals surface area contributed by atoms with Crippen molar-refractivity contribution in [3.63, 3.8) is 0 Å². The molecule has 0 radical (unpaired) electrons. The van der Waals surface area contributed by atoms with Gasteiger partial charge in [-0.3, -0.25) is 9.36 Å². The minimum Gasteiger partial charge on any atom is -0.379 e. The number of hydrogen-bond donors (Lipinski definition) is 1. The number of hydrogen-bond acceptors (Lipinski definition) is 5. The van der Waals surface area contributed by atoms with Gasteiger partial charge in [0.1, 0.15) is 0 Å². The number of thiazole rings is 1. The Morgan fingerprint density at radius 2 is 1.97 bits per heavy atom. The van der Waals surface area contributed by atoms with Crippen molar-refractivity contribution in [2.75, 3.05) is 13.2 Å². The molecule has 0 bridgehead atoms. The van der Waals surface area contributed by atoms with E-state index in [0.717, 1.165) is 16.9 Å². The van der Waals surface area contributed by atoms with E-state index in [1.165, 1.54) is 12.1 Å². The Kier molecular flexibility index (Phi) is 7.13. The van der Waals surface area contributed by atoms with E-state index in [4.69, 9.17) is 16.3 Å². The van der Waals surface area contributed by atoms with Crippen LogP contribution in [0.4, 0.5) is 0 Å². The molecule has 0 amide bonds. The van der Waals surface area contributed by atoms with Crippen LogP contribution in [0.5, 0.6) is 0 Å². The van der Waals surface area contributed by atoms with Crippen LogP contribution in [-0.4, -0.2) is 32.2 Å². The molecule has 1 aromatic heterocycles. The number of aromatic nitrogens is 1. The minimum atomic E-state index is -3.65. The zero-order valence-electron chi connectivity index (χ0n) is 16.2. The van der Waals surface area contributed by atoms with Crippen LogP contribution in [0.2, 0.25) is 5.02 Å². The Morgan fingerprint density at radius 3 is 2.69 bits per heavy atom. The zero-order chi connectivity index (χ0) is 21.0. The Morgan fingerprint density at radius 1 is 1.21 bits per heavy atom. The monoisotopic (exact) mass is 454 g/mol. The first-order valence-corrected chi connectivity index (χ1v) is 11.9. The Bertz CT molecular complexity index is 1150. The van der Waals surface area contributed by atoms with Crippen molar-refractivity contribution in [1.29, 1.82) is 0 Å². The highest BCUT2D eigenvalue weighted by Crippen LogP contribution is 2.24. The summed E-state index contributed by atoms with van der Waals surface area (Å²) in [6, 6.07) is 12.1. The summed E-state index contributed by atoms with van der Waals surface area (Å²) in [6.45, 7) is 4.98. The van der Waals surface area contributed by atoms with Crippen LogP contribution >= 0.6 is 22.9 Å². The van der Waals surface area contributed by atoms with Crippen molar-refractivity contribution in [1.82, 2.24) is 9.29 Å². The number of ether oxygens (including phenoxy) is 1. The van der Waals surface area contributed by atoms with E-state index in [1.54, 1.807) is 16.7 Å². The normalized spacial score (nSPS) is 12.1. The van der Waals surface area contributed by atoms with E-state index in [-0.39, 0.29) is 22.4 Å². The molecule has 9 heteroatoms. The Balaban J connectivity index is 1.79. The van der Waals surface area contributed by atoms with Crippen molar-refractivity contribution in [2.45, 2.75) is 37.8 Å². The van der Waals surface area contributed by atoms with Gasteiger partial charge in [-0.05, 0) is 50.1 Å². The maximum Gasteiger partial charge on any atom is 0.308 e. The van der Waals surface area contributed by atoms with Crippen molar-refractivity contribution >= 4 is 43.2 Å². The van der Waals surface area contributed by atoms with Crippen LogP contribution in [0, 0.1) is 0 Å². The van der Waals surface area contributed by atoms with Crippen LogP contribution in [0.1, 0.15) is 25.8 Å². The second-order valence-electron chi connectivity index (χ2n) is 6.85. The van der Waals surface area contributed by atoms with Gasteiger partial charge in [0, 0.05) is 18.2 Å². The van der Waals surface area contributed by atoms with Gasteiger partial charge in [-0.15, -0.1) is 0 Å². The minimum absolute atomic E-state index is 0.117. The summed E-state index contributed by atoms with van der Waals surface area (Å²) in [7, 11) is -3.65. The van der Waals surface area contributed by atoms with Crippen LogP contribution in [0.15, 0.2) is 52.2 Å². The Hall–Kier alpha value is -1.71. The van der Waals surface area contributed by atoms with E-state index < -0.39 is 10.0 Å². The first-order valence-electron chi connectivity index (χ1n) is 9.26. The third kappa shape index (κ3) is 5.46. The smallest absolute Gasteiger partial charge is 0.308 e. The Labute approximate surface area is 179 Å². The average Bonchev–Trinajstić information content (AvgIpc) is 2.97. The number of benzene rings is 2. The molecule has 156 valence electrons. The summed E-state index contributed by atoms with van der Waals surface area (Å²) in [5.74, 6) is 0. The highest BCUT2D eigenvalue weighted by atomic mass is 35.5. The van der Waals surface area contributed by atoms with E-state index in [2.05, 4.69) is 4.72 Å². The molecule has 2 aromatic carbocycles. The topological polar surface area (TPSA) is 77.4 Å². The van der Waals surface area contributed by atoms with Gasteiger partial charge in [0.05, 0.1) is 27.8 Å². The SMILES string of the molecule is CC(C)OCCCNS(=O)(=O)c1ccc2c(c1)sc(=O)n2Cc1ccccc1Cl. The summed E-state index contributed by atoms with van der Waals surface area (Å²) in [5, 5.41) is 0.587. The molecule has 0 saturated heterocycles. The molecular weight excluding hydrogens is 432 g/mol. The van der Waals surface area contributed by atoms with Crippen LogP contribution in [0.25, 0.3) is 10.2 Å². The van der Waals surface area contributed by atoms with Gasteiger partial charge >= 0.3 is 4.87 Å². The lowest BCUT2D eigenvalue weighted by atomic mass is 10.2. The first kappa shape index (κ1) is 22.0. The number of fused-ring (bicyclic) bond motifs is 1. The van der Waals surface area contributed by atoms with Crippen LogP contribution in [0.3, 0.4) is 0 Å². The lowest BCUT2D eigenvalue weighted by Gasteiger charge is -2.09. The largest absolute Gasteiger partial charge is 0.379 e. The summed E-state index contributed by atoms with van der Waals surface area (Å²) in [5.41, 5.74) is 1.52. The van der Waals surface area contributed by atoms with Gasteiger partial charge in [0.15, 0.2) is 0 Å². The van der Waals surface area contributed by atoms with Gasteiger partial charge in [0.2, 0.25) is 10.0 Å². The quantitative estimate of drug-likeness (QED) is 0.498. The fourth-order valence-electron chi connectivity index (χ4n) is 2.84. The maximum absolute atomic E-state index is 12.6. The lowest BCUT2D eigenvalue weighted by Crippen LogP contribution is -2.25. The average molecular weight is 455 g/mol. The molecule has 1 heterocycles. The predicted molar refractivity (Wildman–Crippen MR) is 118 cm³/mol. The molecular formula is C20H23ClN2O4S2. The molecule has 6 nitrogen and oxygen atoms in total. The molecule has 0 aliphatic rings. The first-order chi connectivity index (χ1) is 13.8. The molecule has 29 heavy (non-hydrogen) atoms. The van der Waals surface area contributed by atoms with Crippen LogP contribution < -0.4 is 9.60 Å². The number of nitrogens with zero attached hydrogens (tertiary/aromatic N) is 1. The number of rotatable bonds is 9. The van der Waals surface area contributed by atoms with Crippen molar-refractivity contribution in [2.24, 2.45) is 0 Å². The van der Waals surface area contributed by atoms with Gasteiger partial charge < -0.3 is 4.74 Å². The fourth-order valence-corrected chi connectivity index (χ4v) is 5.14. The van der Waals surface area contributed by atoms with E-state index in [9.17, 15) is 13.2 Å². The third-order valence-electron chi connectivity index (χ3n) is 4.30. The van der Waals surface area contributed by atoms with E-state index in [0.29, 0.717) is 34.8 Å². The van der Waals surface area contributed by atoms with Gasteiger partial charge in [-0.25, -0.2) is 13.1 Å². The lowest BCUT2D eigenvalue weighted by molar-refractivity contribution is 0.0778. The molecule has 0 aliphatic heterocycles. The summed E-state index contributed by atoms with van der Waals surface area (Å²) < 4.78 is 35.3. The number of sulfonamides is 1. The van der Waals surface area contributed by atoms with Crippen molar-refractivity contribution < 1.29 is 13.2 Å². The van der Waals surface area contributed by atoms with E-state index in [1.807, 2.05) is 32.0 Å². The molecule has 0 fully saturated rings. The van der Waals surface area contributed by atoms with Gasteiger partial charge in [-0.1, -0.05) is 41.1 Å². The summed E-state index contributed by atoms with van der Waals surface area (Å²) >= 11 is 7.23. The number of halogens is 1. The third-order valence-corrected chi connectivity index (χ3v) is 7.07. The van der Waals surface area contributed by atoms with Crippen LogP contribution in [-0.2, 0) is 21.3 Å². The van der Waals surface area contributed by atoms with Crippen molar-refractivity contribution in [3.8, 4) is 0 Å². The molecule has 0 saturated carbocycles. The summed E-state index contributed by atoms with van der Waals surface area (Å²) in [4.78, 5) is 12.5. The standard InChI is InChI=1S/C20H23ClN2O4S2/c1-14(2)27-11-5-10-22-29(25,26)16-8-9-18-19(12-16)28-20(24)23(18)13-15-6-3-4-7-17(15)21/h3-4,6-9,12,14,22H,5,10-11,13H2,1-2H3. The second kappa shape index (κ2) is 9.40. The zero-order valence-corrected chi connectivity index (χ0v) is 18.6. The molecule has 0 spiro atoms. The van der Waals surface area contributed by atoms with Crippen molar-refractivity contribution in [3.05, 3.63) is 62.7 Å². The number of nitrogens with one attached hydrogen (secondary N) is 1. The maximum atomic E-state index is 12.6. The summed E-state index contributed by atoms with van der Waals surface area (Å²) in [6.07, 6.45) is 0.702. The van der Waals surface area contributed by atoms with Gasteiger partial charge in [0.25, 0.3) is 0 Å². The molecule has 1 N–H and O–H groups in total. The van der Waals surface area contributed by atoms with E-state index >= 15 is 0 Å². The molecule has 0 aliphatic carbocycles. The molecule has 3 rings (SSSR count). The fraction of sp³-hybridized carbons (Fsp3) is 0.350. The molecule has 0 atom stereocenters. The highest BCUT2D eigenvalue weighted by Gasteiger charge is 2.17. The molecule has 3 aromatic rings. The molecule has 0 unspecified atom stereocenters. The highest BCUT2D eigenvalue weighted by molar-refractivity contribution is 7.89. The second-order valence-corrected chi connectivity index (χ2v) is 10.0. The van der Waals surface area contributed by atoms with Gasteiger partial charge in [-0.2, -0.15) is 0 Å².